The summed E-state index contributed by atoms with van der Waals surface area (Å²) in [5.74, 6) is 0.0786. The van der Waals surface area contributed by atoms with Gasteiger partial charge in [0.2, 0.25) is 0 Å². The number of H-pyrrole nitrogens is 1. The fourth-order valence-corrected chi connectivity index (χ4v) is 1.23. The van der Waals surface area contributed by atoms with Crippen molar-refractivity contribution in [2.45, 2.75) is 0 Å². The minimum atomic E-state index is 0.0786. The molecule has 5 heteroatoms. The van der Waals surface area contributed by atoms with E-state index < -0.39 is 0 Å². The lowest BCUT2D eigenvalue weighted by Crippen LogP contribution is -2.13. The first-order chi connectivity index (χ1) is 6.33. The lowest BCUT2D eigenvalue weighted by atomic mass is 10.2. The summed E-state index contributed by atoms with van der Waals surface area (Å²) in [7, 11) is 0. The molecule has 66 valence electrons. The maximum atomic E-state index is 8.51. The SMILES string of the molecule is N/C(=N\O)c1cccc2nc[nH]c12. The van der Waals surface area contributed by atoms with Crippen LogP contribution >= 0.6 is 0 Å². The second-order valence-corrected chi connectivity index (χ2v) is 2.59. The quantitative estimate of drug-likeness (QED) is 0.258. The molecule has 0 spiro atoms. The normalized spacial score (nSPS) is 12.2. The number of benzene rings is 1. The molecule has 0 amide bonds. The van der Waals surface area contributed by atoms with Crippen LogP contribution < -0.4 is 5.73 Å². The number of amidine groups is 1. The minimum absolute atomic E-state index is 0.0786. The highest BCUT2D eigenvalue weighted by Crippen LogP contribution is 2.13. The van der Waals surface area contributed by atoms with Gasteiger partial charge in [0.15, 0.2) is 5.84 Å². The van der Waals surface area contributed by atoms with Gasteiger partial charge in [-0.3, -0.25) is 0 Å². The molecule has 0 saturated heterocycles. The Morgan fingerprint density at radius 2 is 2.38 bits per heavy atom. The van der Waals surface area contributed by atoms with Gasteiger partial charge in [-0.05, 0) is 12.1 Å². The molecule has 0 bridgehead atoms. The summed E-state index contributed by atoms with van der Waals surface area (Å²) in [6.45, 7) is 0. The summed E-state index contributed by atoms with van der Waals surface area (Å²) >= 11 is 0. The van der Waals surface area contributed by atoms with Crippen LogP contribution in [0.15, 0.2) is 29.7 Å². The Bertz CT molecular complexity index is 460. The van der Waals surface area contributed by atoms with E-state index in [4.69, 9.17) is 10.9 Å². The highest BCUT2D eigenvalue weighted by atomic mass is 16.4. The number of hydrogen-bond donors (Lipinski definition) is 3. The van der Waals surface area contributed by atoms with Crippen LogP contribution in [0.1, 0.15) is 5.56 Å². The third-order valence-corrected chi connectivity index (χ3v) is 1.84. The molecule has 5 nitrogen and oxygen atoms in total. The molecule has 1 aromatic heterocycles. The molecule has 0 aliphatic rings. The second-order valence-electron chi connectivity index (χ2n) is 2.59. The number of rotatable bonds is 1. The Morgan fingerprint density at radius 1 is 1.54 bits per heavy atom. The third-order valence-electron chi connectivity index (χ3n) is 1.84. The number of hydrogen-bond acceptors (Lipinski definition) is 3. The average molecular weight is 176 g/mol. The predicted octanol–water partition coefficient (Wildman–Crippen LogP) is 0.657. The van der Waals surface area contributed by atoms with Crippen LogP contribution in [0.4, 0.5) is 0 Å². The summed E-state index contributed by atoms with van der Waals surface area (Å²) in [5, 5.41) is 11.4. The topological polar surface area (TPSA) is 87.3 Å². The van der Waals surface area contributed by atoms with E-state index in [2.05, 4.69) is 15.1 Å². The Balaban J connectivity index is 2.75. The first-order valence-electron chi connectivity index (χ1n) is 3.73. The van der Waals surface area contributed by atoms with Crippen LogP contribution in [-0.2, 0) is 0 Å². The van der Waals surface area contributed by atoms with Gasteiger partial charge in [-0.1, -0.05) is 11.2 Å². The number of aromatic nitrogens is 2. The van der Waals surface area contributed by atoms with Gasteiger partial charge in [-0.25, -0.2) is 4.98 Å². The summed E-state index contributed by atoms with van der Waals surface area (Å²) in [6.07, 6.45) is 1.57. The number of para-hydroxylation sites is 1. The summed E-state index contributed by atoms with van der Waals surface area (Å²) in [6, 6.07) is 5.41. The molecule has 0 atom stereocenters. The molecule has 0 aliphatic heterocycles. The predicted molar refractivity (Wildman–Crippen MR) is 48.6 cm³/mol. The fourth-order valence-electron chi connectivity index (χ4n) is 1.23. The van der Waals surface area contributed by atoms with E-state index >= 15 is 0 Å². The largest absolute Gasteiger partial charge is 0.409 e. The minimum Gasteiger partial charge on any atom is -0.409 e. The maximum Gasteiger partial charge on any atom is 0.172 e. The molecule has 0 aliphatic carbocycles. The average Bonchev–Trinajstić information content (AvgIpc) is 2.63. The Kier molecular flexibility index (Phi) is 1.63. The Morgan fingerprint density at radius 3 is 3.15 bits per heavy atom. The van der Waals surface area contributed by atoms with Gasteiger partial charge in [0, 0.05) is 5.56 Å². The van der Waals surface area contributed by atoms with Crippen molar-refractivity contribution < 1.29 is 5.21 Å². The fraction of sp³-hybridized carbons (Fsp3) is 0. The number of oxime groups is 1. The van der Waals surface area contributed by atoms with E-state index in [1.165, 1.54) is 0 Å². The number of imidazole rings is 1. The molecule has 2 aromatic rings. The maximum absolute atomic E-state index is 8.51. The monoisotopic (exact) mass is 176 g/mol. The zero-order valence-electron chi connectivity index (χ0n) is 6.73. The van der Waals surface area contributed by atoms with Crippen LogP contribution in [0.2, 0.25) is 0 Å². The Hall–Kier alpha value is -2.04. The van der Waals surface area contributed by atoms with Crippen molar-refractivity contribution in [3.63, 3.8) is 0 Å². The molecule has 0 radical (unpaired) electrons. The summed E-state index contributed by atoms with van der Waals surface area (Å²) < 4.78 is 0. The lowest BCUT2D eigenvalue weighted by molar-refractivity contribution is 0.318. The van der Waals surface area contributed by atoms with E-state index in [1.54, 1.807) is 18.5 Å². The van der Waals surface area contributed by atoms with Crippen molar-refractivity contribution in [3.05, 3.63) is 30.1 Å². The molecule has 0 unspecified atom stereocenters. The van der Waals surface area contributed by atoms with E-state index in [0.717, 1.165) is 11.0 Å². The molecule has 1 heterocycles. The standard InChI is InChI=1S/C8H8N4O/c9-8(12-13)5-2-1-3-6-7(5)11-4-10-6/h1-4,13H,(H2,9,12)(H,10,11). The smallest absolute Gasteiger partial charge is 0.172 e. The van der Waals surface area contributed by atoms with Crippen LogP contribution in [0.5, 0.6) is 0 Å². The van der Waals surface area contributed by atoms with E-state index in [1.807, 2.05) is 6.07 Å². The number of nitrogens with two attached hydrogens (primary N) is 1. The van der Waals surface area contributed by atoms with Crippen LogP contribution in [0, 0.1) is 0 Å². The molecule has 4 N–H and O–H groups in total. The number of aromatic amines is 1. The zero-order valence-corrected chi connectivity index (χ0v) is 6.73. The number of nitrogens with zero attached hydrogens (tertiary/aromatic N) is 2. The second kappa shape index (κ2) is 2.78. The molecular weight excluding hydrogens is 168 g/mol. The molecule has 1 aromatic carbocycles. The molecule has 13 heavy (non-hydrogen) atoms. The van der Waals surface area contributed by atoms with Crippen LogP contribution in [0.25, 0.3) is 11.0 Å². The highest BCUT2D eigenvalue weighted by Gasteiger charge is 2.05. The summed E-state index contributed by atoms with van der Waals surface area (Å²) in [4.78, 5) is 6.97. The van der Waals surface area contributed by atoms with Gasteiger partial charge in [-0.2, -0.15) is 0 Å². The van der Waals surface area contributed by atoms with Crippen molar-refractivity contribution in [2.24, 2.45) is 10.9 Å². The van der Waals surface area contributed by atoms with Crippen LogP contribution in [-0.4, -0.2) is 21.0 Å². The summed E-state index contributed by atoms with van der Waals surface area (Å²) in [5.41, 5.74) is 7.69. The lowest BCUT2D eigenvalue weighted by Gasteiger charge is -1.98. The molecule has 0 fully saturated rings. The van der Waals surface area contributed by atoms with Crippen molar-refractivity contribution in [2.75, 3.05) is 0 Å². The van der Waals surface area contributed by atoms with Crippen molar-refractivity contribution >= 4 is 16.9 Å². The highest BCUT2D eigenvalue weighted by molar-refractivity contribution is 6.06. The van der Waals surface area contributed by atoms with Gasteiger partial charge < -0.3 is 15.9 Å². The van der Waals surface area contributed by atoms with Gasteiger partial charge >= 0.3 is 0 Å². The molecular formula is C8H8N4O. The molecule has 0 saturated carbocycles. The zero-order chi connectivity index (χ0) is 9.26. The van der Waals surface area contributed by atoms with E-state index in [0.29, 0.717) is 5.56 Å². The van der Waals surface area contributed by atoms with Crippen molar-refractivity contribution in [1.29, 1.82) is 0 Å². The van der Waals surface area contributed by atoms with E-state index in [9.17, 15) is 0 Å². The Labute approximate surface area is 73.9 Å². The first-order valence-corrected chi connectivity index (χ1v) is 3.73. The van der Waals surface area contributed by atoms with E-state index in [-0.39, 0.29) is 5.84 Å². The van der Waals surface area contributed by atoms with Crippen molar-refractivity contribution in [1.82, 2.24) is 9.97 Å². The van der Waals surface area contributed by atoms with Crippen LogP contribution in [0.3, 0.4) is 0 Å². The van der Waals surface area contributed by atoms with Gasteiger partial charge in [-0.15, -0.1) is 0 Å². The van der Waals surface area contributed by atoms with Gasteiger partial charge in [0.25, 0.3) is 0 Å². The first kappa shape index (κ1) is 7.60. The van der Waals surface area contributed by atoms with Crippen molar-refractivity contribution in [3.8, 4) is 0 Å². The number of nitrogens with one attached hydrogen (secondary N) is 1. The molecule has 2 rings (SSSR count). The third kappa shape index (κ3) is 1.10. The van der Waals surface area contributed by atoms with Gasteiger partial charge in [0.1, 0.15) is 0 Å². The van der Waals surface area contributed by atoms with Gasteiger partial charge in [0.05, 0.1) is 17.4 Å². The number of fused-ring (bicyclic) bond motifs is 1.